The van der Waals surface area contributed by atoms with Gasteiger partial charge in [0, 0.05) is 29.9 Å². The SMILES string of the molecule is CC(=O)c1cccc(NC(=O)c2ccc(Cl)c(S(=O)(=O)N3CCCC3)c2)c1. The van der Waals surface area contributed by atoms with E-state index in [2.05, 4.69) is 5.32 Å². The van der Waals surface area contributed by atoms with Crippen LogP contribution >= 0.6 is 11.6 Å². The van der Waals surface area contributed by atoms with Gasteiger partial charge in [0.1, 0.15) is 4.90 Å². The molecule has 1 N–H and O–H groups in total. The highest BCUT2D eigenvalue weighted by Gasteiger charge is 2.29. The quantitative estimate of drug-likeness (QED) is 0.769. The highest BCUT2D eigenvalue weighted by Crippen LogP contribution is 2.28. The molecule has 1 fully saturated rings. The van der Waals surface area contributed by atoms with Crippen LogP contribution in [0.4, 0.5) is 5.69 Å². The number of sulfonamides is 1. The van der Waals surface area contributed by atoms with Crippen LogP contribution in [0.5, 0.6) is 0 Å². The summed E-state index contributed by atoms with van der Waals surface area (Å²) in [5, 5.41) is 2.76. The molecule has 3 rings (SSSR count). The first-order valence-corrected chi connectivity index (χ1v) is 10.3. The molecular weight excluding hydrogens is 388 g/mol. The van der Waals surface area contributed by atoms with Crippen molar-refractivity contribution in [3.8, 4) is 0 Å². The third-order valence-corrected chi connectivity index (χ3v) is 6.78. The molecule has 2 aromatic carbocycles. The van der Waals surface area contributed by atoms with Gasteiger partial charge in [-0.05, 0) is 50.1 Å². The number of rotatable bonds is 5. The second-order valence-corrected chi connectivity index (χ2v) is 8.66. The lowest BCUT2D eigenvalue weighted by atomic mass is 10.1. The third-order valence-electron chi connectivity index (χ3n) is 4.40. The van der Waals surface area contributed by atoms with Gasteiger partial charge < -0.3 is 5.32 Å². The van der Waals surface area contributed by atoms with Gasteiger partial charge in [-0.25, -0.2) is 8.42 Å². The first kappa shape index (κ1) is 19.5. The Labute approximate surface area is 163 Å². The van der Waals surface area contributed by atoms with Gasteiger partial charge in [-0.15, -0.1) is 0 Å². The Balaban J connectivity index is 1.88. The number of Topliss-reactive ketones (excluding diaryl/α,β-unsaturated/α-hetero) is 1. The maximum absolute atomic E-state index is 12.8. The van der Waals surface area contributed by atoms with E-state index in [1.807, 2.05) is 0 Å². The average Bonchev–Trinajstić information content (AvgIpc) is 3.17. The number of nitrogens with one attached hydrogen (secondary N) is 1. The van der Waals surface area contributed by atoms with Crippen LogP contribution in [-0.4, -0.2) is 37.5 Å². The van der Waals surface area contributed by atoms with Crippen LogP contribution in [0.25, 0.3) is 0 Å². The molecule has 0 aliphatic carbocycles. The van der Waals surface area contributed by atoms with E-state index in [9.17, 15) is 18.0 Å². The molecule has 0 unspecified atom stereocenters. The Bertz CT molecular complexity index is 999. The monoisotopic (exact) mass is 406 g/mol. The molecule has 1 heterocycles. The van der Waals surface area contributed by atoms with Gasteiger partial charge in [0.2, 0.25) is 10.0 Å². The van der Waals surface area contributed by atoms with Crippen LogP contribution in [0.15, 0.2) is 47.4 Å². The number of nitrogens with zero attached hydrogens (tertiary/aromatic N) is 1. The van der Waals surface area contributed by atoms with Crippen molar-refractivity contribution in [1.82, 2.24) is 4.31 Å². The van der Waals surface area contributed by atoms with Crippen LogP contribution < -0.4 is 5.32 Å². The molecule has 0 saturated carbocycles. The summed E-state index contributed by atoms with van der Waals surface area (Å²) in [6.07, 6.45) is 1.62. The van der Waals surface area contributed by atoms with E-state index in [0.717, 1.165) is 12.8 Å². The normalized spacial score (nSPS) is 14.9. The van der Waals surface area contributed by atoms with E-state index in [1.165, 1.54) is 29.4 Å². The van der Waals surface area contributed by atoms with E-state index in [4.69, 9.17) is 11.6 Å². The second kappa shape index (κ2) is 7.80. The Morgan fingerprint density at radius 2 is 1.74 bits per heavy atom. The van der Waals surface area contributed by atoms with Crippen LogP contribution in [-0.2, 0) is 10.0 Å². The van der Waals surface area contributed by atoms with Gasteiger partial charge in [-0.2, -0.15) is 4.31 Å². The molecule has 1 saturated heterocycles. The molecule has 0 bridgehead atoms. The summed E-state index contributed by atoms with van der Waals surface area (Å²) in [5.74, 6) is -0.596. The Kier molecular flexibility index (Phi) is 5.64. The van der Waals surface area contributed by atoms with Gasteiger partial charge >= 0.3 is 0 Å². The summed E-state index contributed by atoms with van der Waals surface area (Å²) >= 11 is 6.10. The highest BCUT2D eigenvalue weighted by molar-refractivity contribution is 7.89. The number of carbonyl (C=O) groups excluding carboxylic acids is 2. The van der Waals surface area contributed by atoms with Crippen LogP contribution in [0.1, 0.15) is 40.5 Å². The molecule has 27 heavy (non-hydrogen) atoms. The van der Waals surface area contributed by atoms with Crippen molar-refractivity contribution in [2.75, 3.05) is 18.4 Å². The number of hydrogen-bond donors (Lipinski definition) is 1. The number of hydrogen-bond acceptors (Lipinski definition) is 4. The lowest BCUT2D eigenvalue weighted by molar-refractivity contribution is 0.101. The fourth-order valence-corrected chi connectivity index (χ4v) is 4.95. The van der Waals surface area contributed by atoms with Crippen LogP contribution in [0.3, 0.4) is 0 Å². The zero-order valence-electron chi connectivity index (χ0n) is 14.7. The van der Waals surface area contributed by atoms with Gasteiger partial charge in [0.05, 0.1) is 5.02 Å². The molecule has 0 radical (unpaired) electrons. The summed E-state index contributed by atoms with van der Waals surface area (Å²) < 4.78 is 26.9. The number of halogens is 1. The minimum Gasteiger partial charge on any atom is -0.322 e. The summed E-state index contributed by atoms with van der Waals surface area (Å²) in [7, 11) is -3.74. The third kappa shape index (κ3) is 4.21. The van der Waals surface area contributed by atoms with Crippen molar-refractivity contribution in [1.29, 1.82) is 0 Å². The van der Waals surface area contributed by atoms with Gasteiger partial charge in [-0.1, -0.05) is 23.7 Å². The van der Waals surface area contributed by atoms with Crippen molar-refractivity contribution in [2.24, 2.45) is 0 Å². The fraction of sp³-hybridized carbons (Fsp3) is 0.263. The molecule has 1 amide bonds. The molecule has 1 aliphatic rings. The zero-order chi connectivity index (χ0) is 19.6. The van der Waals surface area contributed by atoms with E-state index in [-0.39, 0.29) is 21.3 Å². The number of carbonyl (C=O) groups is 2. The van der Waals surface area contributed by atoms with Crippen molar-refractivity contribution < 1.29 is 18.0 Å². The van der Waals surface area contributed by atoms with E-state index < -0.39 is 15.9 Å². The fourth-order valence-electron chi connectivity index (χ4n) is 2.93. The van der Waals surface area contributed by atoms with Gasteiger partial charge in [-0.3, -0.25) is 9.59 Å². The number of ketones is 1. The maximum atomic E-state index is 12.8. The number of amides is 1. The summed E-state index contributed by atoms with van der Waals surface area (Å²) in [4.78, 5) is 24.0. The van der Waals surface area contributed by atoms with E-state index in [0.29, 0.717) is 24.3 Å². The highest BCUT2D eigenvalue weighted by atomic mass is 35.5. The lowest BCUT2D eigenvalue weighted by Gasteiger charge is -2.17. The summed E-state index contributed by atoms with van der Waals surface area (Å²) in [5.41, 5.74) is 1.10. The Hall–Kier alpha value is -2.22. The standard InChI is InChI=1S/C19H19ClN2O4S/c1-13(23)14-5-4-6-16(11-14)21-19(24)15-7-8-17(20)18(12-15)27(25,26)22-9-2-3-10-22/h4-8,11-12H,2-3,9-10H2,1H3,(H,21,24). The van der Waals surface area contributed by atoms with Crippen LogP contribution in [0, 0.1) is 0 Å². The van der Waals surface area contributed by atoms with Crippen molar-refractivity contribution >= 4 is 39.0 Å². The smallest absolute Gasteiger partial charge is 0.255 e. The first-order chi connectivity index (χ1) is 12.8. The first-order valence-electron chi connectivity index (χ1n) is 8.51. The summed E-state index contributed by atoms with van der Waals surface area (Å²) in [6.45, 7) is 2.34. The molecule has 0 atom stereocenters. The molecule has 2 aromatic rings. The number of anilines is 1. The molecular formula is C19H19ClN2O4S. The molecule has 0 aromatic heterocycles. The number of benzene rings is 2. The molecule has 0 spiro atoms. The van der Waals surface area contributed by atoms with Crippen molar-refractivity contribution in [3.05, 3.63) is 58.6 Å². The van der Waals surface area contributed by atoms with Crippen LogP contribution in [0.2, 0.25) is 5.02 Å². The minimum atomic E-state index is -3.74. The van der Waals surface area contributed by atoms with Gasteiger partial charge in [0.15, 0.2) is 5.78 Å². The minimum absolute atomic E-state index is 0.0730. The van der Waals surface area contributed by atoms with Crippen molar-refractivity contribution in [3.63, 3.8) is 0 Å². The molecule has 8 heteroatoms. The zero-order valence-corrected chi connectivity index (χ0v) is 16.3. The molecule has 6 nitrogen and oxygen atoms in total. The average molecular weight is 407 g/mol. The Morgan fingerprint density at radius 3 is 2.41 bits per heavy atom. The second-order valence-electron chi connectivity index (χ2n) is 6.35. The summed E-state index contributed by atoms with van der Waals surface area (Å²) in [6, 6.07) is 10.7. The topological polar surface area (TPSA) is 83.5 Å². The largest absolute Gasteiger partial charge is 0.322 e. The maximum Gasteiger partial charge on any atom is 0.255 e. The molecule has 142 valence electrons. The van der Waals surface area contributed by atoms with E-state index >= 15 is 0 Å². The molecule has 1 aliphatic heterocycles. The lowest BCUT2D eigenvalue weighted by Crippen LogP contribution is -2.28. The Morgan fingerprint density at radius 1 is 1.04 bits per heavy atom. The van der Waals surface area contributed by atoms with Crippen molar-refractivity contribution in [2.45, 2.75) is 24.7 Å². The van der Waals surface area contributed by atoms with Gasteiger partial charge in [0.25, 0.3) is 5.91 Å². The predicted molar refractivity (Wildman–Crippen MR) is 104 cm³/mol. The van der Waals surface area contributed by atoms with E-state index in [1.54, 1.807) is 24.3 Å². The predicted octanol–water partition coefficient (Wildman–Crippen LogP) is 3.58.